The third-order valence-electron chi connectivity index (χ3n) is 4.64. The average molecular weight is 393 g/mol. The molecular weight excluding hydrogens is 364 g/mol. The van der Waals surface area contributed by atoms with Gasteiger partial charge >= 0.3 is 11.9 Å². The Morgan fingerprint density at radius 1 is 0.840 bits per heavy atom. The summed E-state index contributed by atoms with van der Waals surface area (Å²) in [5.74, 6) is 0.709. The van der Waals surface area contributed by atoms with Gasteiger partial charge in [-0.25, -0.2) is 0 Å². The van der Waals surface area contributed by atoms with Gasteiger partial charge < -0.3 is 19.7 Å². The van der Waals surface area contributed by atoms with Crippen LogP contribution in [-0.2, 0) is 19.1 Å². The fraction of sp³-hybridized carbons (Fsp3) is 0.882. The quantitative estimate of drug-likeness (QED) is 0.548. The lowest BCUT2D eigenvalue weighted by molar-refractivity contribution is -0.308. The first kappa shape index (κ1) is 20.9. The van der Waals surface area contributed by atoms with Crippen molar-refractivity contribution in [2.24, 2.45) is 5.41 Å². The molecule has 8 heteroatoms. The van der Waals surface area contributed by atoms with E-state index in [4.69, 9.17) is 19.7 Å². The van der Waals surface area contributed by atoms with Crippen molar-refractivity contribution in [3.8, 4) is 0 Å². The van der Waals surface area contributed by atoms with Crippen LogP contribution in [-0.4, -0.2) is 64.2 Å². The number of carboxylic acids is 2. The van der Waals surface area contributed by atoms with E-state index in [1.165, 1.54) is 6.42 Å². The normalized spacial score (nSPS) is 21.9. The predicted octanol–water partition coefficient (Wildman–Crippen LogP) is 3.10. The standard InChI is InChI=1S/C17H28O6S2/c18-14(19)4-8-24-12-16(13-25-9-5-15(20)21)10-22-17(23-11-16)6-2-1-3-7-17/h1-13H2,(H,18,19)(H,20,21). The van der Waals surface area contributed by atoms with Crippen molar-refractivity contribution >= 4 is 35.5 Å². The van der Waals surface area contributed by atoms with Crippen molar-refractivity contribution in [3.63, 3.8) is 0 Å². The van der Waals surface area contributed by atoms with Crippen LogP contribution in [0.1, 0.15) is 44.9 Å². The van der Waals surface area contributed by atoms with Gasteiger partial charge in [0.15, 0.2) is 5.79 Å². The maximum atomic E-state index is 10.7. The van der Waals surface area contributed by atoms with Crippen LogP contribution >= 0.6 is 23.5 Å². The molecule has 2 rings (SSSR count). The smallest absolute Gasteiger partial charge is 0.304 e. The van der Waals surface area contributed by atoms with Crippen molar-refractivity contribution in [1.29, 1.82) is 0 Å². The number of carboxylic acid groups (broad SMARTS) is 2. The van der Waals surface area contributed by atoms with Gasteiger partial charge in [0, 0.05) is 41.3 Å². The van der Waals surface area contributed by atoms with Gasteiger partial charge in [-0.2, -0.15) is 23.5 Å². The van der Waals surface area contributed by atoms with Crippen LogP contribution < -0.4 is 0 Å². The highest BCUT2D eigenvalue weighted by molar-refractivity contribution is 8.00. The Hall–Kier alpha value is -0.440. The average Bonchev–Trinajstić information content (AvgIpc) is 2.59. The zero-order chi connectivity index (χ0) is 18.2. The Morgan fingerprint density at radius 3 is 1.76 bits per heavy atom. The maximum Gasteiger partial charge on any atom is 0.304 e. The third kappa shape index (κ3) is 7.00. The van der Waals surface area contributed by atoms with E-state index >= 15 is 0 Å². The molecule has 2 fully saturated rings. The van der Waals surface area contributed by atoms with Crippen LogP contribution in [0.3, 0.4) is 0 Å². The minimum absolute atomic E-state index is 0.151. The summed E-state index contributed by atoms with van der Waals surface area (Å²) in [6.45, 7) is 1.21. The monoisotopic (exact) mass is 392 g/mol. The van der Waals surface area contributed by atoms with E-state index in [1.807, 2.05) is 0 Å². The molecule has 1 saturated carbocycles. The first-order valence-corrected chi connectivity index (χ1v) is 11.1. The number of hydrogen-bond acceptors (Lipinski definition) is 6. The van der Waals surface area contributed by atoms with Gasteiger partial charge in [0.05, 0.1) is 26.1 Å². The first-order valence-electron chi connectivity index (χ1n) is 8.82. The lowest BCUT2D eigenvalue weighted by Gasteiger charge is -2.47. The molecule has 1 heterocycles. The summed E-state index contributed by atoms with van der Waals surface area (Å²) in [6, 6.07) is 0. The molecular formula is C17H28O6S2. The van der Waals surface area contributed by atoms with Crippen LogP contribution in [0.5, 0.6) is 0 Å². The molecule has 1 spiro atoms. The van der Waals surface area contributed by atoms with E-state index < -0.39 is 17.7 Å². The van der Waals surface area contributed by atoms with Gasteiger partial charge in [0.25, 0.3) is 0 Å². The molecule has 25 heavy (non-hydrogen) atoms. The Balaban J connectivity index is 1.85. The largest absolute Gasteiger partial charge is 0.481 e. The molecule has 6 nitrogen and oxygen atoms in total. The van der Waals surface area contributed by atoms with Crippen molar-refractivity contribution in [3.05, 3.63) is 0 Å². The lowest BCUT2D eigenvalue weighted by atomic mass is 9.89. The second-order valence-corrected chi connectivity index (χ2v) is 9.15. The number of carbonyl (C=O) groups is 2. The highest BCUT2D eigenvalue weighted by Gasteiger charge is 2.45. The van der Waals surface area contributed by atoms with Gasteiger partial charge in [0.2, 0.25) is 0 Å². The summed E-state index contributed by atoms with van der Waals surface area (Å²) in [5, 5.41) is 17.6. The lowest BCUT2D eigenvalue weighted by Crippen LogP contribution is -2.52. The predicted molar refractivity (Wildman–Crippen MR) is 99.3 cm³/mol. The Morgan fingerprint density at radius 2 is 1.32 bits per heavy atom. The van der Waals surface area contributed by atoms with Crippen LogP contribution in [0.15, 0.2) is 0 Å². The van der Waals surface area contributed by atoms with Gasteiger partial charge in [-0.1, -0.05) is 6.42 Å². The molecule has 1 aliphatic carbocycles. The molecule has 0 atom stereocenters. The fourth-order valence-electron chi connectivity index (χ4n) is 3.14. The molecule has 0 bridgehead atoms. The molecule has 0 aromatic rings. The second kappa shape index (κ2) is 10.0. The van der Waals surface area contributed by atoms with Gasteiger partial charge in [-0.05, 0) is 12.8 Å². The van der Waals surface area contributed by atoms with Crippen LogP contribution in [0.25, 0.3) is 0 Å². The number of ether oxygens (including phenoxy) is 2. The Bertz CT molecular complexity index is 416. The number of thioether (sulfide) groups is 2. The number of aliphatic carboxylic acids is 2. The second-order valence-electron chi connectivity index (χ2n) is 6.94. The number of rotatable bonds is 10. The van der Waals surface area contributed by atoms with Crippen molar-refractivity contribution in [2.75, 3.05) is 36.2 Å². The van der Waals surface area contributed by atoms with Crippen molar-refractivity contribution in [1.82, 2.24) is 0 Å². The molecule has 1 saturated heterocycles. The molecule has 0 unspecified atom stereocenters. The summed E-state index contributed by atoms with van der Waals surface area (Å²) in [5.41, 5.74) is -0.172. The van der Waals surface area contributed by atoms with E-state index in [0.29, 0.717) is 24.7 Å². The van der Waals surface area contributed by atoms with E-state index in [1.54, 1.807) is 23.5 Å². The summed E-state index contributed by atoms with van der Waals surface area (Å²) in [6.07, 6.45) is 5.69. The molecule has 0 aromatic heterocycles. The summed E-state index contributed by atoms with van der Waals surface area (Å²) in [4.78, 5) is 21.4. The number of hydrogen-bond donors (Lipinski definition) is 2. The summed E-state index contributed by atoms with van der Waals surface area (Å²) < 4.78 is 12.4. The Labute approximate surface area is 157 Å². The highest BCUT2D eigenvalue weighted by Crippen LogP contribution is 2.42. The summed E-state index contributed by atoms with van der Waals surface area (Å²) >= 11 is 3.23. The topological polar surface area (TPSA) is 93.1 Å². The first-order chi connectivity index (χ1) is 12.0. The molecule has 0 amide bonds. The molecule has 2 N–H and O–H groups in total. The minimum atomic E-state index is -0.783. The molecule has 2 aliphatic rings. The zero-order valence-electron chi connectivity index (χ0n) is 14.5. The maximum absolute atomic E-state index is 10.7. The van der Waals surface area contributed by atoms with Crippen LogP contribution in [0, 0.1) is 5.41 Å². The fourth-order valence-corrected chi connectivity index (χ4v) is 5.60. The minimum Gasteiger partial charge on any atom is -0.481 e. The molecule has 144 valence electrons. The Kier molecular flexibility index (Phi) is 8.38. The highest BCUT2D eigenvalue weighted by atomic mass is 32.2. The molecule has 0 aromatic carbocycles. The van der Waals surface area contributed by atoms with E-state index in [0.717, 1.165) is 37.2 Å². The van der Waals surface area contributed by atoms with E-state index in [-0.39, 0.29) is 18.3 Å². The van der Waals surface area contributed by atoms with Gasteiger partial charge in [-0.3, -0.25) is 9.59 Å². The van der Waals surface area contributed by atoms with E-state index in [9.17, 15) is 9.59 Å². The van der Waals surface area contributed by atoms with Crippen molar-refractivity contribution in [2.45, 2.75) is 50.7 Å². The SMILES string of the molecule is O=C(O)CCSCC1(CSCCC(=O)O)COC2(CCCCC2)OC1. The van der Waals surface area contributed by atoms with E-state index in [2.05, 4.69) is 0 Å². The molecule has 0 radical (unpaired) electrons. The zero-order valence-corrected chi connectivity index (χ0v) is 16.2. The van der Waals surface area contributed by atoms with Crippen LogP contribution in [0.2, 0.25) is 0 Å². The van der Waals surface area contributed by atoms with Gasteiger partial charge in [0.1, 0.15) is 0 Å². The summed E-state index contributed by atoms with van der Waals surface area (Å²) in [7, 11) is 0. The van der Waals surface area contributed by atoms with Crippen molar-refractivity contribution < 1.29 is 29.3 Å². The third-order valence-corrected chi connectivity index (χ3v) is 7.25. The van der Waals surface area contributed by atoms with Gasteiger partial charge in [-0.15, -0.1) is 0 Å². The molecule has 1 aliphatic heterocycles. The van der Waals surface area contributed by atoms with Crippen LogP contribution in [0.4, 0.5) is 0 Å².